The summed E-state index contributed by atoms with van der Waals surface area (Å²) in [5.41, 5.74) is 2.22. The van der Waals surface area contributed by atoms with E-state index in [1.165, 1.54) is 11.4 Å². The highest BCUT2D eigenvalue weighted by Crippen LogP contribution is 2.42. The van der Waals surface area contributed by atoms with Gasteiger partial charge in [0.25, 0.3) is 0 Å². The van der Waals surface area contributed by atoms with Crippen LogP contribution in [0, 0.1) is 0 Å². The Hall–Kier alpha value is -1.73. The van der Waals surface area contributed by atoms with Crippen LogP contribution in [0.3, 0.4) is 0 Å². The molecule has 1 saturated heterocycles. The Morgan fingerprint density at radius 1 is 1.25 bits per heavy atom. The first-order chi connectivity index (χ1) is 11.5. The first kappa shape index (κ1) is 15.8. The first-order valence-electron chi connectivity index (χ1n) is 8.67. The molecular formula is C17H25N5O2. The van der Waals surface area contributed by atoms with Gasteiger partial charge in [0.05, 0.1) is 24.1 Å². The molecule has 130 valence electrons. The summed E-state index contributed by atoms with van der Waals surface area (Å²) in [5, 5.41) is 8.51. The van der Waals surface area contributed by atoms with Gasteiger partial charge >= 0.3 is 0 Å². The van der Waals surface area contributed by atoms with Crippen molar-refractivity contribution < 1.29 is 9.15 Å². The Kier molecular flexibility index (Phi) is 3.73. The van der Waals surface area contributed by atoms with Crippen molar-refractivity contribution in [1.29, 1.82) is 0 Å². The van der Waals surface area contributed by atoms with Gasteiger partial charge in [-0.3, -0.25) is 4.90 Å². The summed E-state index contributed by atoms with van der Waals surface area (Å²) in [6.07, 6.45) is 4.68. The predicted octanol–water partition coefficient (Wildman–Crippen LogP) is 2.15. The van der Waals surface area contributed by atoms with E-state index in [0.717, 1.165) is 39.0 Å². The minimum atomic E-state index is -0.126. The summed E-state index contributed by atoms with van der Waals surface area (Å²) in [6, 6.07) is 0. The number of H-pyrrole nitrogens is 1. The second kappa shape index (κ2) is 5.67. The summed E-state index contributed by atoms with van der Waals surface area (Å²) in [7, 11) is 0. The number of rotatable bonds is 2. The zero-order valence-corrected chi connectivity index (χ0v) is 14.6. The fraction of sp³-hybridized carbons (Fsp3) is 0.706. The van der Waals surface area contributed by atoms with Crippen LogP contribution in [-0.4, -0.2) is 44.8 Å². The molecule has 2 aromatic rings. The summed E-state index contributed by atoms with van der Waals surface area (Å²) in [4.78, 5) is 10.4. The van der Waals surface area contributed by atoms with E-state index in [0.29, 0.717) is 18.3 Å². The maximum atomic E-state index is 5.93. The molecule has 0 saturated carbocycles. The van der Waals surface area contributed by atoms with Crippen LogP contribution in [0.1, 0.15) is 56.8 Å². The molecule has 0 radical (unpaired) electrons. The van der Waals surface area contributed by atoms with Gasteiger partial charge in [-0.1, -0.05) is 20.8 Å². The van der Waals surface area contributed by atoms with Crippen LogP contribution in [0.25, 0.3) is 0 Å². The van der Waals surface area contributed by atoms with Crippen LogP contribution in [0.2, 0.25) is 0 Å². The number of aromatic nitrogens is 4. The number of imidazole rings is 1. The van der Waals surface area contributed by atoms with Gasteiger partial charge in [0.1, 0.15) is 0 Å². The predicted molar refractivity (Wildman–Crippen MR) is 87.4 cm³/mol. The molecule has 0 amide bonds. The molecule has 7 nitrogen and oxygen atoms in total. The van der Waals surface area contributed by atoms with Crippen LogP contribution >= 0.6 is 0 Å². The molecule has 4 heterocycles. The van der Waals surface area contributed by atoms with E-state index < -0.39 is 0 Å². The lowest BCUT2D eigenvalue weighted by molar-refractivity contribution is -0.0482. The van der Waals surface area contributed by atoms with Crippen LogP contribution in [-0.2, 0) is 28.7 Å². The molecule has 0 unspecified atom stereocenters. The third kappa shape index (κ3) is 2.56. The fourth-order valence-corrected chi connectivity index (χ4v) is 3.80. The lowest BCUT2D eigenvalue weighted by Gasteiger charge is -2.47. The van der Waals surface area contributed by atoms with E-state index in [1.807, 2.05) is 6.33 Å². The number of ether oxygens (including phenoxy) is 1. The molecule has 2 aliphatic rings. The van der Waals surface area contributed by atoms with Crippen molar-refractivity contribution in [2.24, 2.45) is 0 Å². The van der Waals surface area contributed by atoms with Gasteiger partial charge in [0.2, 0.25) is 11.8 Å². The topological polar surface area (TPSA) is 80.1 Å². The minimum Gasteiger partial charge on any atom is -0.423 e. The van der Waals surface area contributed by atoms with Crippen LogP contribution in [0.15, 0.2) is 10.7 Å². The van der Waals surface area contributed by atoms with Crippen LogP contribution in [0.4, 0.5) is 0 Å². The summed E-state index contributed by atoms with van der Waals surface area (Å²) in [6.45, 7) is 9.40. The van der Waals surface area contributed by atoms with Crippen molar-refractivity contribution in [2.75, 3.05) is 19.8 Å². The van der Waals surface area contributed by atoms with Crippen molar-refractivity contribution in [3.8, 4) is 0 Å². The Labute approximate surface area is 141 Å². The van der Waals surface area contributed by atoms with E-state index in [2.05, 4.69) is 45.8 Å². The molecular weight excluding hydrogens is 306 g/mol. The highest BCUT2D eigenvalue weighted by Gasteiger charge is 2.46. The van der Waals surface area contributed by atoms with Crippen molar-refractivity contribution >= 4 is 0 Å². The van der Waals surface area contributed by atoms with Gasteiger partial charge in [-0.2, -0.15) is 0 Å². The number of hydrogen-bond acceptors (Lipinski definition) is 6. The summed E-state index contributed by atoms with van der Waals surface area (Å²) < 4.78 is 11.6. The van der Waals surface area contributed by atoms with E-state index >= 15 is 0 Å². The molecule has 7 heteroatoms. The third-order valence-electron chi connectivity index (χ3n) is 5.15. The molecule has 1 spiro atoms. The molecule has 24 heavy (non-hydrogen) atoms. The van der Waals surface area contributed by atoms with Crippen molar-refractivity contribution in [3.05, 3.63) is 29.5 Å². The second-order valence-electron chi connectivity index (χ2n) is 7.80. The molecule has 1 fully saturated rings. The van der Waals surface area contributed by atoms with Crippen molar-refractivity contribution in [3.63, 3.8) is 0 Å². The summed E-state index contributed by atoms with van der Waals surface area (Å²) in [5.74, 6) is 1.38. The average molecular weight is 331 g/mol. The van der Waals surface area contributed by atoms with E-state index in [9.17, 15) is 0 Å². The van der Waals surface area contributed by atoms with Crippen LogP contribution in [0.5, 0.6) is 0 Å². The monoisotopic (exact) mass is 331 g/mol. The van der Waals surface area contributed by atoms with Gasteiger partial charge in [-0.05, 0) is 12.8 Å². The number of fused-ring (bicyclic) bond motifs is 2. The molecule has 0 aliphatic carbocycles. The Morgan fingerprint density at radius 3 is 2.75 bits per heavy atom. The number of hydrogen-bond donors (Lipinski definition) is 1. The van der Waals surface area contributed by atoms with Gasteiger partial charge in [0, 0.05) is 37.3 Å². The third-order valence-corrected chi connectivity index (χ3v) is 5.15. The van der Waals surface area contributed by atoms with Crippen molar-refractivity contribution in [2.45, 2.75) is 57.5 Å². The van der Waals surface area contributed by atoms with Gasteiger partial charge in [-0.25, -0.2) is 4.98 Å². The Morgan fingerprint density at radius 2 is 2.04 bits per heavy atom. The maximum Gasteiger partial charge on any atom is 0.230 e. The smallest absolute Gasteiger partial charge is 0.230 e. The highest BCUT2D eigenvalue weighted by molar-refractivity contribution is 5.26. The molecule has 0 aromatic carbocycles. The standard InChI is InChI=1S/C17H25N5O2/c1-16(2,3)15-21-20-13(24-15)10-22-7-4-12-14(19-11-18-12)17(22)5-8-23-9-6-17/h11H,4-10H2,1-3H3,(H,18,19). The fourth-order valence-electron chi connectivity index (χ4n) is 3.80. The molecule has 1 N–H and O–H groups in total. The Balaban J connectivity index is 1.63. The largest absolute Gasteiger partial charge is 0.423 e. The first-order valence-corrected chi connectivity index (χ1v) is 8.67. The van der Waals surface area contributed by atoms with Gasteiger partial charge in [0.15, 0.2) is 0 Å². The quantitative estimate of drug-likeness (QED) is 0.908. The molecule has 2 aliphatic heterocycles. The zero-order chi connectivity index (χ0) is 16.8. The zero-order valence-electron chi connectivity index (χ0n) is 14.6. The Bertz CT molecular complexity index is 709. The molecule has 0 atom stereocenters. The second-order valence-corrected chi connectivity index (χ2v) is 7.80. The average Bonchev–Trinajstić information content (AvgIpc) is 3.20. The van der Waals surface area contributed by atoms with Gasteiger partial charge < -0.3 is 14.1 Å². The minimum absolute atomic E-state index is 0.0812. The van der Waals surface area contributed by atoms with E-state index in [1.54, 1.807) is 0 Å². The highest BCUT2D eigenvalue weighted by atomic mass is 16.5. The molecule has 2 aromatic heterocycles. The number of nitrogens with one attached hydrogen (secondary N) is 1. The van der Waals surface area contributed by atoms with Crippen molar-refractivity contribution in [1.82, 2.24) is 25.1 Å². The number of nitrogens with zero attached hydrogens (tertiary/aromatic N) is 4. The normalized spacial score (nSPS) is 21.1. The maximum absolute atomic E-state index is 5.93. The van der Waals surface area contributed by atoms with Gasteiger partial charge in [-0.15, -0.1) is 10.2 Å². The van der Waals surface area contributed by atoms with E-state index in [4.69, 9.17) is 9.15 Å². The summed E-state index contributed by atoms with van der Waals surface area (Å²) >= 11 is 0. The molecule has 4 rings (SSSR count). The lowest BCUT2D eigenvalue weighted by Crippen LogP contribution is -2.53. The SMILES string of the molecule is CC(C)(C)c1nnc(CN2CCc3[nH]cnc3C23CCOCC3)o1. The van der Waals surface area contributed by atoms with E-state index in [-0.39, 0.29) is 11.0 Å². The number of aromatic amines is 1. The van der Waals surface area contributed by atoms with Crippen LogP contribution < -0.4 is 0 Å². The lowest BCUT2D eigenvalue weighted by atomic mass is 9.80. The molecule has 0 bridgehead atoms.